The van der Waals surface area contributed by atoms with E-state index < -0.39 is 44.6 Å². The number of amides is 2. The predicted octanol–water partition coefficient (Wildman–Crippen LogP) is 5.25. The van der Waals surface area contributed by atoms with E-state index in [2.05, 4.69) is 20.7 Å². The quantitative estimate of drug-likeness (QED) is 0.333. The molecule has 3 aromatic rings. The van der Waals surface area contributed by atoms with E-state index in [9.17, 15) is 27.0 Å². The standard InChI is InChI=1S/C25H28ClF3N6O3S/c1-6-15-10-14(2)20(16(11-15)22(36)33-24(3,4)13-39(5,30)38)32-23(37)18-12-19(25(27,28)29)34-35(18)21-17(26)8-7-9-31-21/h7-12,30H,6,13H2,1-5H3,(H,32,37)(H,33,36). The largest absolute Gasteiger partial charge is 0.435 e. The number of nitrogens with one attached hydrogen (secondary N) is 3. The second kappa shape index (κ2) is 11.0. The van der Waals surface area contributed by atoms with Crippen LogP contribution >= 0.6 is 11.6 Å². The maximum absolute atomic E-state index is 13.5. The van der Waals surface area contributed by atoms with Crippen LogP contribution in [0.3, 0.4) is 0 Å². The van der Waals surface area contributed by atoms with Gasteiger partial charge in [-0.1, -0.05) is 24.6 Å². The molecule has 1 atom stereocenters. The van der Waals surface area contributed by atoms with E-state index in [4.69, 9.17) is 16.4 Å². The number of pyridine rings is 1. The van der Waals surface area contributed by atoms with Crippen LogP contribution in [0, 0.1) is 11.7 Å². The Morgan fingerprint density at radius 1 is 1.18 bits per heavy atom. The van der Waals surface area contributed by atoms with E-state index in [0.29, 0.717) is 22.7 Å². The van der Waals surface area contributed by atoms with E-state index in [1.165, 1.54) is 24.6 Å². The van der Waals surface area contributed by atoms with Gasteiger partial charge in [-0.25, -0.2) is 9.67 Å². The van der Waals surface area contributed by atoms with Crippen molar-refractivity contribution >= 4 is 38.8 Å². The Balaban J connectivity index is 2.08. The Labute approximate surface area is 229 Å². The van der Waals surface area contributed by atoms with Gasteiger partial charge >= 0.3 is 6.18 Å². The maximum atomic E-state index is 13.5. The molecule has 2 amide bonds. The summed E-state index contributed by atoms with van der Waals surface area (Å²) in [6, 6.07) is 6.75. The number of hydrogen-bond acceptors (Lipinski definition) is 6. The number of carbonyl (C=O) groups excluding carboxylic acids is 2. The number of anilines is 1. The molecule has 0 saturated heterocycles. The molecule has 0 spiro atoms. The fourth-order valence-corrected chi connectivity index (χ4v) is 5.71. The van der Waals surface area contributed by atoms with Gasteiger partial charge in [0.05, 0.1) is 22.0 Å². The van der Waals surface area contributed by atoms with Crippen molar-refractivity contribution in [2.45, 2.75) is 45.8 Å². The highest BCUT2D eigenvalue weighted by molar-refractivity contribution is 7.91. The summed E-state index contributed by atoms with van der Waals surface area (Å²) in [5.74, 6) is -1.90. The fraction of sp³-hybridized carbons (Fsp3) is 0.360. The van der Waals surface area contributed by atoms with E-state index in [-0.39, 0.29) is 27.8 Å². The highest BCUT2D eigenvalue weighted by Crippen LogP contribution is 2.31. The van der Waals surface area contributed by atoms with Gasteiger partial charge in [0.1, 0.15) is 5.69 Å². The van der Waals surface area contributed by atoms with Crippen molar-refractivity contribution in [3.8, 4) is 5.82 Å². The number of carbonyl (C=O) groups is 2. The minimum Gasteiger partial charge on any atom is -0.346 e. The summed E-state index contributed by atoms with van der Waals surface area (Å²) in [5, 5.41) is 8.80. The molecule has 3 N–H and O–H groups in total. The monoisotopic (exact) mass is 584 g/mol. The zero-order valence-corrected chi connectivity index (χ0v) is 23.4. The number of hydrogen-bond donors (Lipinski definition) is 3. The molecule has 0 bridgehead atoms. The molecule has 0 aliphatic carbocycles. The summed E-state index contributed by atoms with van der Waals surface area (Å²) in [5.41, 5.74) is -1.47. The molecule has 9 nitrogen and oxygen atoms in total. The molecule has 2 heterocycles. The van der Waals surface area contributed by atoms with Crippen molar-refractivity contribution in [2.24, 2.45) is 0 Å². The summed E-state index contributed by atoms with van der Waals surface area (Å²) in [7, 11) is -2.94. The zero-order chi connectivity index (χ0) is 29.3. The topological polar surface area (TPSA) is 130 Å². The molecule has 0 fully saturated rings. The van der Waals surface area contributed by atoms with Crippen LogP contribution in [0.15, 0.2) is 36.5 Å². The van der Waals surface area contributed by atoms with Gasteiger partial charge in [-0.3, -0.25) is 18.6 Å². The molecule has 0 aliphatic heterocycles. The average Bonchev–Trinajstić information content (AvgIpc) is 3.24. The number of aromatic nitrogens is 3. The first-order valence-electron chi connectivity index (χ1n) is 11.7. The van der Waals surface area contributed by atoms with Crippen LogP contribution < -0.4 is 10.6 Å². The molecule has 39 heavy (non-hydrogen) atoms. The smallest absolute Gasteiger partial charge is 0.346 e. The third kappa shape index (κ3) is 7.35. The Morgan fingerprint density at radius 2 is 1.85 bits per heavy atom. The Hall–Kier alpha value is -3.45. The predicted molar refractivity (Wildman–Crippen MR) is 143 cm³/mol. The minimum atomic E-state index is -4.85. The lowest BCUT2D eigenvalue weighted by atomic mass is 9.99. The second-order valence-corrected chi connectivity index (χ2v) is 12.5. The summed E-state index contributed by atoms with van der Waals surface area (Å²) in [6.45, 7) is 6.75. The van der Waals surface area contributed by atoms with Crippen molar-refractivity contribution in [3.63, 3.8) is 0 Å². The Morgan fingerprint density at radius 3 is 2.41 bits per heavy atom. The van der Waals surface area contributed by atoms with Gasteiger partial charge in [0, 0.05) is 33.8 Å². The van der Waals surface area contributed by atoms with Crippen LogP contribution in [-0.2, 0) is 22.3 Å². The molecule has 14 heteroatoms. The Bertz CT molecular complexity index is 1530. The highest BCUT2D eigenvalue weighted by Gasteiger charge is 2.37. The lowest BCUT2D eigenvalue weighted by Gasteiger charge is -2.27. The van der Waals surface area contributed by atoms with E-state index in [1.807, 2.05) is 6.92 Å². The number of alkyl halides is 3. The molecule has 210 valence electrons. The molecule has 1 unspecified atom stereocenters. The number of benzene rings is 1. The van der Waals surface area contributed by atoms with Crippen LogP contribution in [0.2, 0.25) is 5.02 Å². The molecule has 0 saturated carbocycles. The lowest BCUT2D eigenvalue weighted by Crippen LogP contribution is -2.48. The van der Waals surface area contributed by atoms with Gasteiger partial charge < -0.3 is 10.6 Å². The third-order valence-corrected chi connectivity index (χ3v) is 7.11. The molecular weight excluding hydrogens is 557 g/mol. The normalized spacial score (nSPS) is 13.6. The number of aryl methyl sites for hydroxylation is 2. The summed E-state index contributed by atoms with van der Waals surface area (Å²) < 4.78 is 61.1. The van der Waals surface area contributed by atoms with Gasteiger partial charge in [0.25, 0.3) is 11.8 Å². The van der Waals surface area contributed by atoms with E-state index in [1.54, 1.807) is 32.9 Å². The van der Waals surface area contributed by atoms with Crippen LogP contribution in [0.4, 0.5) is 18.9 Å². The van der Waals surface area contributed by atoms with Gasteiger partial charge in [-0.05, 0) is 56.5 Å². The lowest BCUT2D eigenvalue weighted by molar-refractivity contribution is -0.141. The minimum absolute atomic E-state index is 0.0314. The van der Waals surface area contributed by atoms with Crippen LogP contribution in [0.5, 0.6) is 0 Å². The van der Waals surface area contributed by atoms with Gasteiger partial charge in [-0.15, -0.1) is 0 Å². The van der Waals surface area contributed by atoms with Crippen molar-refractivity contribution in [1.82, 2.24) is 20.1 Å². The third-order valence-electron chi connectivity index (χ3n) is 5.55. The van der Waals surface area contributed by atoms with Crippen LogP contribution in [0.25, 0.3) is 5.82 Å². The fourth-order valence-electron chi connectivity index (χ4n) is 4.06. The van der Waals surface area contributed by atoms with Crippen molar-refractivity contribution < 1.29 is 27.0 Å². The maximum Gasteiger partial charge on any atom is 0.435 e. The summed E-state index contributed by atoms with van der Waals surface area (Å²) in [4.78, 5) is 30.7. The molecule has 2 aromatic heterocycles. The summed E-state index contributed by atoms with van der Waals surface area (Å²) in [6.07, 6.45) is -1.73. The van der Waals surface area contributed by atoms with E-state index >= 15 is 0 Å². The molecule has 0 radical (unpaired) electrons. The van der Waals surface area contributed by atoms with Gasteiger partial charge in [0.2, 0.25) is 0 Å². The molecular formula is C25H28ClF3N6O3S. The molecule has 0 aliphatic rings. The van der Waals surface area contributed by atoms with Crippen LogP contribution in [0.1, 0.15) is 58.4 Å². The van der Waals surface area contributed by atoms with Crippen molar-refractivity contribution in [3.05, 3.63) is 69.6 Å². The molecule has 1 aromatic carbocycles. The zero-order valence-electron chi connectivity index (χ0n) is 21.9. The van der Waals surface area contributed by atoms with Gasteiger partial charge in [-0.2, -0.15) is 18.3 Å². The molecule has 3 rings (SSSR count). The highest BCUT2D eigenvalue weighted by atomic mass is 35.5. The number of halogens is 4. The second-order valence-electron chi connectivity index (χ2n) is 9.76. The Kier molecular flexibility index (Phi) is 8.46. The number of rotatable bonds is 8. The number of nitrogens with zero attached hydrogens (tertiary/aromatic N) is 3. The SMILES string of the molecule is CCc1cc(C)c(NC(=O)c2cc(C(F)(F)F)nn2-c2ncccc2Cl)c(C(=O)NC(C)(C)CS(C)(=N)=O)c1. The summed E-state index contributed by atoms with van der Waals surface area (Å²) >= 11 is 6.13. The van der Waals surface area contributed by atoms with E-state index in [0.717, 1.165) is 5.56 Å². The van der Waals surface area contributed by atoms with Crippen molar-refractivity contribution in [1.29, 1.82) is 4.78 Å². The average molecular weight is 585 g/mol. The first kappa shape index (κ1) is 30.1. The first-order valence-corrected chi connectivity index (χ1v) is 14.2. The van der Waals surface area contributed by atoms with Crippen LogP contribution in [-0.4, -0.2) is 48.3 Å². The van der Waals surface area contributed by atoms with Gasteiger partial charge in [0.15, 0.2) is 11.5 Å². The first-order chi connectivity index (χ1) is 17.9. The van der Waals surface area contributed by atoms with Crippen molar-refractivity contribution in [2.75, 3.05) is 17.3 Å².